The van der Waals surface area contributed by atoms with Crippen molar-refractivity contribution in [2.24, 2.45) is 5.73 Å². The van der Waals surface area contributed by atoms with E-state index in [9.17, 15) is 14.4 Å². The van der Waals surface area contributed by atoms with Gasteiger partial charge in [-0.3, -0.25) is 19.1 Å². The molecule has 3 N–H and O–H groups in total. The van der Waals surface area contributed by atoms with Gasteiger partial charge >= 0.3 is 11.7 Å². The van der Waals surface area contributed by atoms with Crippen molar-refractivity contribution in [1.29, 1.82) is 0 Å². The number of rotatable bonds is 5. The molecule has 9 nitrogen and oxygen atoms in total. The second-order valence-electron chi connectivity index (χ2n) is 5.72. The first-order chi connectivity index (χ1) is 11.2. The van der Waals surface area contributed by atoms with Crippen LogP contribution in [0.15, 0.2) is 20.8 Å². The fraction of sp³-hybridized carbons (Fsp3) is 0.500. The van der Waals surface area contributed by atoms with Crippen LogP contribution in [0.5, 0.6) is 0 Å². The predicted molar refractivity (Wildman–Crippen MR) is 95.6 cm³/mol. The first kappa shape index (κ1) is 21.6. The van der Waals surface area contributed by atoms with Gasteiger partial charge in [-0.15, -0.1) is 12.4 Å². The molecule has 0 aliphatic carbocycles. The Morgan fingerprint density at radius 2 is 2.24 bits per heavy atom. The third-order valence-corrected chi connectivity index (χ3v) is 3.42. The fourth-order valence-electron chi connectivity index (χ4n) is 1.91. The molecule has 1 aromatic heterocycles. The SMILES string of the molecule is CC(C)(N)C(=O)OC[C@H]1OC[C@@H](n2cc(/C=C/Br)c(=O)[nH]c2=O)O1.Cl. The molecule has 2 heterocycles. The molecular weight excluding hydrogens is 422 g/mol. The Morgan fingerprint density at radius 1 is 1.56 bits per heavy atom. The van der Waals surface area contributed by atoms with E-state index >= 15 is 0 Å². The Balaban J connectivity index is 0.00000312. The van der Waals surface area contributed by atoms with Gasteiger partial charge in [-0.25, -0.2) is 4.79 Å². The van der Waals surface area contributed by atoms with Gasteiger partial charge in [0.2, 0.25) is 0 Å². The number of H-pyrrole nitrogens is 1. The summed E-state index contributed by atoms with van der Waals surface area (Å²) < 4.78 is 17.1. The van der Waals surface area contributed by atoms with Crippen molar-refractivity contribution >= 4 is 40.4 Å². The molecule has 0 saturated carbocycles. The van der Waals surface area contributed by atoms with Crippen LogP contribution >= 0.6 is 28.3 Å². The molecule has 1 aromatic rings. The lowest BCUT2D eigenvalue weighted by atomic mass is 10.1. The van der Waals surface area contributed by atoms with Crippen LogP contribution in [0.1, 0.15) is 25.6 Å². The minimum absolute atomic E-state index is 0. The number of esters is 1. The zero-order valence-corrected chi connectivity index (χ0v) is 16.0. The number of nitrogens with zero attached hydrogens (tertiary/aromatic N) is 1. The molecular formula is C14H19BrClN3O6. The lowest BCUT2D eigenvalue weighted by molar-refractivity contribution is -0.163. The van der Waals surface area contributed by atoms with Crippen molar-refractivity contribution in [3.63, 3.8) is 0 Å². The number of nitrogens with two attached hydrogens (primary N) is 1. The Morgan fingerprint density at radius 3 is 2.84 bits per heavy atom. The molecule has 2 atom stereocenters. The van der Waals surface area contributed by atoms with Gasteiger partial charge in [0.15, 0.2) is 12.5 Å². The van der Waals surface area contributed by atoms with E-state index in [0.29, 0.717) is 0 Å². The molecule has 25 heavy (non-hydrogen) atoms. The van der Waals surface area contributed by atoms with Crippen molar-refractivity contribution in [3.05, 3.63) is 37.6 Å². The van der Waals surface area contributed by atoms with Crippen LogP contribution in [0.4, 0.5) is 0 Å². The van der Waals surface area contributed by atoms with E-state index in [2.05, 4.69) is 20.9 Å². The molecule has 1 fully saturated rings. The number of hydrogen-bond donors (Lipinski definition) is 2. The van der Waals surface area contributed by atoms with E-state index in [1.165, 1.54) is 35.7 Å². The molecule has 1 saturated heterocycles. The minimum Gasteiger partial charge on any atom is -0.459 e. The number of carbonyl (C=O) groups excluding carboxylic acids is 1. The smallest absolute Gasteiger partial charge is 0.330 e. The van der Waals surface area contributed by atoms with Gasteiger partial charge in [0.25, 0.3) is 5.56 Å². The minimum atomic E-state index is -1.12. The Bertz CT molecular complexity index is 754. The lowest BCUT2D eigenvalue weighted by Gasteiger charge is -2.18. The quantitative estimate of drug-likeness (QED) is 0.638. The third-order valence-electron chi connectivity index (χ3n) is 3.16. The molecule has 2 rings (SSSR count). The number of carbonyl (C=O) groups is 1. The third kappa shape index (κ3) is 5.51. The maximum Gasteiger partial charge on any atom is 0.330 e. The fourth-order valence-corrected chi connectivity index (χ4v) is 2.19. The normalized spacial score (nSPS) is 20.5. The predicted octanol–water partition coefficient (Wildman–Crippen LogP) is 0.476. The second-order valence-corrected chi connectivity index (χ2v) is 6.25. The van der Waals surface area contributed by atoms with E-state index in [1.807, 2.05) is 0 Å². The highest BCUT2D eigenvalue weighted by Gasteiger charge is 2.31. The molecule has 140 valence electrons. The Labute approximate surface area is 157 Å². The summed E-state index contributed by atoms with van der Waals surface area (Å²) in [4.78, 5) is 38.9. The highest BCUT2D eigenvalue weighted by Crippen LogP contribution is 2.20. The zero-order valence-electron chi connectivity index (χ0n) is 13.6. The first-order valence-corrected chi connectivity index (χ1v) is 7.99. The van der Waals surface area contributed by atoms with Gasteiger partial charge in [0, 0.05) is 6.20 Å². The van der Waals surface area contributed by atoms with Crippen molar-refractivity contribution in [2.75, 3.05) is 13.2 Å². The molecule has 1 aliphatic heterocycles. The molecule has 0 amide bonds. The van der Waals surface area contributed by atoms with Crippen molar-refractivity contribution < 1.29 is 19.0 Å². The summed E-state index contributed by atoms with van der Waals surface area (Å²) in [7, 11) is 0. The number of halogens is 2. The van der Waals surface area contributed by atoms with Gasteiger partial charge in [-0.2, -0.15) is 0 Å². The number of ether oxygens (including phenoxy) is 3. The largest absolute Gasteiger partial charge is 0.459 e. The van der Waals surface area contributed by atoms with Crippen LogP contribution in [0.3, 0.4) is 0 Å². The molecule has 0 spiro atoms. The maximum absolute atomic E-state index is 11.9. The van der Waals surface area contributed by atoms with E-state index in [4.69, 9.17) is 19.9 Å². The standard InChI is InChI=1S/C14H18BrN3O6.ClH/c1-14(2,16)12(20)23-7-10-22-6-9(24-10)18-5-8(3-4-15)11(19)17-13(18)21;/h3-5,9-10H,6-7,16H2,1-2H3,(H,17,19,21);1H/b4-3+;/t9-,10-;/m0./s1. The number of hydrogen-bond acceptors (Lipinski definition) is 7. The van der Waals surface area contributed by atoms with Gasteiger partial charge in [-0.1, -0.05) is 15.9 Å². The van der Waals surface area contributed by atoms with E-state index in [-0.39, 0.29) is 31.2 Å². The summed E-state index contributed by atoms with van der Waals surface area (Å²) in [5.74, 6) is -0.593. The average Bonchev–Trinajstić information content (AvgIpc) is 2.95. The summed E-state index contributed by atoms with van der Waals surface area (Å²) in [5, 5.41) is 0. The molecule has 1 aliphatic rings. The second kappa shape index (κ2) is 8.77. The van der Waals surface area contributed by atoms with E-state index in [0.717, 1.165) is 0 Å². The van der Waals surface area contributed by atoms with Crippen molar-refractivity contribution in [3.8, 4) is 0 Å². The molecule has 0 radical (unpaired) electrons. The van der Waals surface area contributed by atoms with Gasteiger partial charge in [-0.05, 0) is 24.9 Å². The lowest BCUT2D eigenvalue weighted by Crippen LogP contribution is -2.43. The highest BCUT2D eigenvalue weighted by atomic mass is 79.9. The van der Waals surface area contributed by atoms with Crippen LogP contribution in [0, 0.1) is 0 Å². The maximum atomic E-state index is 11.9. The van der Waals surface area contributed by atoms with Crippen LogP contribution in [-0.2, 0) is 19.0 Å². The molecule has 11 heteroatoms. The molecule has 0 aromatic carbocycles. The summed E-state index contributed by atoms with van der Waals surface area (Å²) in [6, 6.07) is 0. The average molecular weight is 441 g/mol. The van der Waals surface area contributed by atoms with Crippen molar-refractivity contribution in [2.45, 2.75) is 31.9 Å². The Kier molecular flexibility index (Phi) is 7.57. The number of aromatic amines is 1. The summed E-state index contributed by atoms with van der Waals surface area (Å²) >= 11 is 3.07. The Hall–Kier alpha value is -1.46. The summed E-state index contributed by atoms with van der Waals surface area (Å²) in [6.45, 7) is 2.96. The summed E-state index contributed by atoms with van der Waals surface area (Å²) in [6.07, 6.45) is 1.29. The highest BCUT2D eigenvalue weighted by molar-refractivity contribution is 9.11. The summed E-state index contributed by atoms with van der Waals surface area (Å²) in [5.41, 5.74) is 3.63. The van der Waals surface area contributed by atoms with Gasteiger partial charge in [0.1, 0.15) is 12.1 Å². The number of nitrogens with one attached hydrogen (secondary N) is 1. The van der Waals surface area contributed by atoms with Crippen LogP contribution in [0.25, 0.3) is 6.08 Å². The van der Waals surface area contributed by atoms with Crippen molar-refractivity contribution in [1.82, 2.24) is 9.55 Å². The van der Waals surface area contributed by atoms with Crippen LogP contribution in [0.2, 0.25) is 0 Å². The van der Waals surface area contributed by atoms with E-state index in [1.54, 1.807) is 0 Å². The molecule has 0 unspecified atom stereocenters. The zero-order chi connectivity index (χ0) is 17.9. The molecule has 0 bridgehead atoms. The van der Waals surface area contributed by atoms with Gasteiger partial charge < -0.3 is 19.9 Å². The van der Waals surface area contributed by atoms with Gasteiger partial charge in [0.05, 0.1) is 12.2 Å². The number of aromatic nitrogens is 2. The van der Waals surface area contributed by atoms with Crippen LogP contribution in [-0.4, -0.2) is 40.6 Å². The monoisotopic (exact) mass is 439 g/mol. The topological polar surface area (TPSA) is 126 Å². The van der Waals surface area contributed by atoms with E-state index < -0.39 is 35.3 Å². The van der Waals surface area contributed by atoms with Crippen LogP contribution < -0.4 is 17.0 Å². The first-order valence-electron chi connectivity index (χ1n) is 7.08.